The topological polar surface area (TPSA) is 20.5 Å². The Balaban J connectivity index is 2.67. The monoisotopic (exact) mass is 221 g/mol. The van der Waals surface area contributed by atoms with E-state index in [0.29, 0.717) is 5.15 Å². The molecule has 1 aromatic rings. The molecule has 78 valence electrons. The van der Waals surface area contributed by atoms with Gasteiger partial charge >= 0.3 is 0 Å². The maximum atomic E-state index is 6.73. The second-order valence-electron chi connectivity index (χ2n) is 3.24. The van der Waals surface area contributed by atoms with Gasteiger partial charge in [0.05, 0.1) is 6.57 Å². The van der Waals surface area contributed by atoms with Gasteiger partial charge in [-0.25, -0.2) is 9.83 Å². The van der Waals surface area contributed by atoms with Crippen molar-refractivity contribution in [3.05, 3.63) is 52.4 Å². The smallest absolute Gasteiger partial charge is 0.172 e. The molecule has 0 saturated heterocycles. The van der Waals surface area contributed by atoms with Gasteiger partial charge in [0.2, 0.25) is 0 Å². The summed E-state index contributed by atoms with van der Waals surface area (Å²) < 4.78 is 0. The van der Waals surface area contributed by atoms with Crippen LogP contribution in [0.1, 0.15) is 12.5 Å². The van der Waals surface area contributed by atoms with Crippen LogP contribution < -0.4 is 0 Å². The molecule has 15 heavy (non-hydrogen) atoms. The molecule has 0 aromatic carbocycles. The minimum atomic E-state index is 0.495. The fraction of sp³-hybridized carbons (Fsp3) is 0.273. The minimum Gasteiger partial charge on any atom is -0.383 e. The first-order valence-electron chi connectivity index (χ1n) is 4.48. The number of hydrogen-bond acceptors (Lipinski definition) is 2. The van der Waals surface area contributed by atoms with Crippen molar-refractivity contribution in [2.45, 2.75) is 13.5 Å². The van der Waals surface area contributed by atoms with E-state index in [9.17, 15) is 0 Å². The first kappa shape index (κ1) is 11.5. The third-order valence-corrected chi connectivity index (χ3v) is 2.29. The second-order valence-corrected chi connectivity index (χ2v) is 3.63. The van der Waals surface area contributed by atoms with Gasteiger partial charge in [-0.05, 0) is 18.6 Å². The van der Waals surface area contributed by atoms with E-state index in [0.717, 1.165) is 17.8 Å². The first-order chi connectivity index (χ1) is 7.13. The van der Waals surface area contributed by atoms with Crippen LogP contribution >= 0.6 is 11.6 Å². The van der Waals surface area contributed by atoms with Crippen LogP contribution in [0, 0.1) is 6.57 Å². The molecule has 0 aliphatic heterocycles. The van der Waals surface area contributed by atoms with Crippen LogP contribution in [0.3, 0.4) is 0 Å². The van der Waals surface area contributed by atoms with Crippen LogP contribution in [-0.2, 0) is 6.54 Å². The molecule has 1 aromatic heterocycles. The lowest BCUT2D eigenvalue weighted by Crippen LogP contribution is -2.15. The molecule has 0 atom stereocenters. The third-order valence-electron chi connectivity index (χ3n) is 2.06. The first-order valence-corrected chi connectivity index (χ1v) is 4.86. The zero-order valence-electron chi connectivity index (χ0n) is 8.74. The van der Waals surface area contributed by atoms with Crippen molar-refractivity contribution >= 4 is 11.6 Å². The molecular formula is C11H12ClN3. The number of aromatic nitrogens is 1. The van der Waals surface area contributed by atoms with Crippen molar-refractivity contribution in [2.24, 2.45) is 0 Å². The van der Waals surface area contributed by atoms with Gasteiger partial charge in [0.1, 0.15) is 5.15 Å². The molecule has 0 fully saturated rings. The molecule has 1 rings (SSSR count). The summed E-state index contributed by atoms with van der Waals surface area (Å²) >= 11 is 5.68. The molecule has 0 aliphatic rings. The third kappa shape index (κ3) is 3.61. The van der Waals surface area contributed by atoms with E-state index < -0.39 is 0 Å². The largest absolute Gasteiger partial charge is 0.383 e. The van der Waals surface area contributed by atoms with Crippen LogP contribution in [0.25, 0.3) is 4.85 Å². The van der Waals surface area contributed by atoms with Crippen LogP contribution in [-0.4, -0.2) is 16.9 Å². The van der Waals surface area contributed by atoms with Crippen LogP contribution in [0.2, 0.25) is 5.15 Å². The number of pyridine rings is 1. The molecule has 0 aliphatic carbocycles. The lowest BCUT2D eigenvalue weighted by Gasteiger charge is -2.19. The number of nitrogens with zero attached hydrogens (tertiary/aromatic N) is 3. The quantitative estimate of drug-likeness (QED) is 0.578. The minimum absolute atomic E-state index is 0.495. The molecule has 0 amide bonds. The number of hydrogen-bond donors (Lipinski definition) is 0. The van der Waals surface area contributed by atoms with E-state index >= 15 is 0 Å². The van der Waals surface area contributed by atoms with Crippen molar-refractivity contribution in [2.75, 3.05) is 7.05 Å². The second kappa shape index (κ2) is 5.38. The molecule has 0 radical (unpaired) electrons. The summed E-state index contributed by atoms with van der Waals surface area (Å²) in [4.78, 5) is 9.21. The Morgan fingerprint density at radius 3 is 2.93 bits per heavy atom. The molecule has 3 nitrogen and oxygen atoms in total. The Kier molecular flexibility index (Phi) is 4.14. The van der Waals surface area contributed by atoms with Gasteiger partial charge in [-0.3, -0.25) is 0 Å². The van der Waals surface area contributed by atoms with Crippen molar-refractivity contribution in [1.29, 1.82) is 0 Å². The molecule has 4 heteroatoms. The van der Waals surface area contributed by atoms with Gasteiger partial charge < -0.3 is 4.90 Å². The summed E-state index contributed by atoms with van der Waals surface area (Å²) in [6, 6.07) is 3.69. The predicted octanol–water partition coefficient (Wildman–Crippen LogP) is 2.95. The lowest BCUT2D eigenvalue weighted by molar-refractivity contribution is 0.412. The summed E-state index contributed by atoms with van der Waals surface area (Å²) in [5, 5.41) is 0.495. The van der Waals surface area contributed by atoms with Crippen molar-refractivity contribution < 1.29 is 0 Å². The highest BCUT2D eigenvalue weighted by Gasteiger charge is 2.00. The summed E-state index contributed by atoms with van der Waals surface area (Å²) in [6.45, 7) is 9.35. The molecule has 0 N–H and O–H groups in total. The van der Waals surface area contributed by atoms with Crippen molar-refractivity contribution in [1.82, 2.24) is 9.88 Å². The van der Waals surface area contributed by atoms with Gasteiger partial charge in [0.25, 0.3) is 0 Å². The summed E-state index contributed by atoms with van der Waals surface area (Å²) in [7, 11) is 1.94. The van der Waals surface area contributed by atoms with E-state index in [4.69, 9.17) is 18.2 Å². The molecule has 0 bridgehead atoms. The molecule has 0 unspecified atom stereocenters. The average molecular weight is 222 g/mol. The highest BCUT2D eigenvalue weighted by Crippen LogP contribution is 2.10. The van der Waals surface area contributed by atoms with Gasteiger partial charge in [-0.1, -0.05) is 17.7 Å². The maximum absolute atomic E-state index is 6.73. The number of halogens is 1. The van der Waals surface area contributed by atoms with Gasteiger partial charge in [-0.15, -0.1) is 0 Å². The highest BCUT2D eigenvalue weighted by molar-refractivity contribution is 6.29. The SMILES string of the molecule is [C-]#[N+]C=C(C)N(C)Cc1ccc(Cl)nc1. The molecule has 0 spiro atoms. The Morgan fingerprint density at radius 2 is 2.40 bits per heavy atom. The maximum Gasteiger partial charge on any atom is 0.172 e. The Bertz CT molecular complexity index is 389. The summed E-state index contributed by atoms with van der Waals surface area (Å²) in [6.07, 6.45) is 3.24. The van der Waals surface area contributed by atoms with Crippen molar-refractivity contribution in [3.8, 4) is 0 Å². The highest BCUT2D eigenvalue weighted by atomic mass is 35.5. The lowest BCUT2D eigenvalue weighted by atomic mass is 10.2. The number of allylic oxidation sites excluding steroid dienone is 1. The summed E-state index contributed by atoms with van der Waals surface area (Å²) in [5.41, 5.74) is 2.00. The average Bonchev–Trinajstić information content (AvgIpc) is 2.22. The normalized spacial score (nSPS) is 10.9. The van der Waals surface area contributed by atoms with Gasteiger partial charge in [0, 0.05) is 25.5 Å². The molecular weight excluding hydrogens is 210 g/mol. The predicted molar refractivity (Wildman–Crippen MR) is 61.1 cm³/mol. The fourth-order valence-electron chi connectivity index (χ4n) is 1.09. The van der Waals surface area contributed by atoms with E-state index in [2.05, 4.69) is 9.83 Å². The Labute approximate surface area is 94.8 Å². The zero-order valence-corrected chi connectivity index (χ0v) is 9.49. The number of rotatable bonds is 3. The fourth-order valence-corrected chi connectivity index (χ4v) is 1.20. The van der Waals surface area contributed by atoms with Crippen LogP contribution in [0.4, 0.5) is 0 Å². The van der Waals surface area contributed by atoms with Gasteiger partial charge in [0.15, 0.2) is 6.20 Å². The zero-order chi connectivity index (χ0) is 11.3. The molecule has 0 saturated carbocycles. The Morgan fingerprint density at radius 1 is 1.67 bits per heavy atom. The van der Waals surface area contributed by atoms with Gasteiger partial charge in [-0.2, -0.15) is 0 Å². The Hall–Kier alpha value is -1.53. The van der Waals surface area contributed by atoms with E-state index in [-0.39, 0.29) is 0 Å². The van der Waals surface area contributed by atoms with E-state index in [1.54, 1.807) is 12.3 Å². The van der Waals surface area contributed by atoms with E-state index in [1.165, 1.54) is 6.20 Å². The van der Waals surface area contributed by atoms with Crippen molar-refractivity contribution in [3.63, 3.8) is 0 Å². The van der Waals surface area contributed by atoms with Crippen LogP contribution in [0.5, 0.6) is 0 Å². The molecule has 1 heterocycles. The van der Waals surface area contributed by atoms with Crippen LogP contribution in [0.15, 0.2) is 30.2 Å². The standard InChI is InChI=1S/C11H12ClN3/c1-9(6-13-2)15(3)8-10-4-5-11(12)14-7-10/h4-7H,8H2,1,3H3. The van der Waals surface area contributed by atoms with E-state index in [1.807, 2.05) is 24.9 Å². The summed E-state index contributed by atoms with van der Waals surface area (Å²) in [5.74, 6) is 0.